The van der Waals surface area contributed by atoms with Crippen LogP contribution in [0.4, 0.5) is 42.5 Å². The standard InChI is InChI=1S/C20H18F6N2O5S.C6H13NO/c1-18(2,20(24,25)26)33-17(29)27-13-6-7-16-15(11-13)28(8-9-32-16)34(30,31)14-5-3-4-12(10-14)19(21,22)23;1-5(8)7-6(2,3)4/h3-7,10-11H,8-9H2,1-2H3,(H,27,29);1-4H3,(H,7,8). The lowest BCUT2D eigenvalue weighted by Crippen LogP contribution is -2.44. The molecule has 2 aromatic rings. The fourth-order valence-electron chi connectivity index (χ4n) is 3.44. The number of fused-ring (bicyclic) bond motifs is 1. The maximum Gasteiger partial charge on any atom is 0.427 e. The van der Waals surface area contributed by atoms with Crippen LogP contribution in [0.15, 0.2) is 47.4 Å². The fraction of sp³-hybridized carbons (Fsp3) is 0.462. The molecular weight excluding hydrogens is 596 g/mol. The summed E-state index contributed by atoms with van der Waals surface area (Å²) in [5, 5.41) is 4.82. The van der Waals surface area contributed by atoms with Crippen LogP contribution in [0.2, 0.25) is 0 Å². The fourth-order valence-corrected chi connectivity index (χ4v) is 4.94. The number of hydrogen-bond donors (Lipinski definition) is 2. The first kappa shape index (κ1) is 34.5. The van der Waals surface area contributed by atoms with Gasteiger partial charge in [0, 0.05) is 18.2 Å². The molecule has 1 aliphatic heterocycles. The Morgan fingerprint density at radius 3 is 2.07 bits per heavy atom. The van der Waals surface area contributed by atoms with Crippen molar-refractivity contribution in [2.45, 2.75) is 69.9 Å². The Bertz CT molecular complexity index is 1400. The monoisotopic (exact) mass is 627 g/mol. The summed E-state index contributed by atoms with van der Waals surface area (Å²) in [7, 11) is -4.49. The summed E-state index contributed by atoms with van der Waals surface area (Å²) in [4.78, 5) is 21.7. The minimum atomic E-state index is -4.84. The van der Waals surface area contributed by atoms with Gasteiger partial charge in [0.2, 0.25) is 11.5 Å². The highest BCUT2D eigenvalue weighted by atomic mass is 32.2. The summed E-state index contributed by atoms with van der Waals surface area (Å²) in [5.41, 5.74) is -4.29. The lowest BCUT2D eigenvalue weighted by molar-refractivity contribution is -0.242. The molecule has 0 unspecified atom stereocenters. The van der Waals surface area contributed by atoms with Crippen molar-refractivity contribution in [1.82, 2.24) is 5.32 Å². The number of carbonyl (C=O) groups excluding carboxylic acids is 2. The summed E-state index contributed by atoms with van der Waals surface area (Å²) in [6.07, 6.45) is -11.1. The van der Waals surface area contributed by atoms with Crippen LogP contribution in [-0.2, 0) is 25.7 Å². The van der Waals surface area contributed by atoms with Crippen molar-refractivity contribution < 1.29 is 53.8 Å². The van der Waals surface area contributed by atoms with Crippen LogP contribution in [0.3, 0.4) is 0 Å². The molecule has 1 heterocycles. The molecule has 234 valence electrons. The molecule has 1 aliphatic rings. The van der Waals surface area contributed by atoms with E-state index in [0.717, 1.165) is 28.6 Å². The number of sulfonamides is 1. The predicted molar refractivity (Wildman–Crippen MR) is 142 cm³/mol. The number of nitrogens with zero attached hydrogens (tertiary/aromatic N) is 1. The van der Waals surface area contributed by atoms with E-state index in [1.165, 1.54) is 19.1 Å². The van der Waals surface area contributed by atoms with Crippen molar-refractivity contribution in [1.29, 1.82) is 0 Å². The second kappa shape index (κ2) is 12.3. The van der Waals surface area contributed by atoms with Gasteiger partial charge in [-0.3, -0.25) is 14.4 Å². The zero-order chi connectivity index (χ0) is 32.3. The van der Waals surface area contributed by atoms with Crippen LogP contribution < -0.4 is 19.7 Å². The van der Waals surface area contributed by atoms with Gasteiger partial charge in [0.15, 0.2) is 0 Å². The molecule has 2 aromatic carbocycles. The van der Waals surface area contributed by atoms with E-state index in [-0.39, 0.29) is 41.7 Å². The zero-order valence-corrected chi connectivity index (χ0v) is 24.3. The molecule has 3 rings (SSSR count). The highest BCUT2D eigenvalue weighted by molar-refractivity contribution is 7.92. The Balaban J connectivity index is 0.000000675. The molecular formula is C26H31F6N3O6S. The lowest BCUT2D eigenvalue weighted by Gasteiger charge is -2.31. The molecule has 16 heteroatoms. The van der Waals surface area contributed by atoms with Gasteiger partial charge in [0.25, 0.3) is 10.0 Å². The van der Waals surface area contributed by atoms with Crippen molar-refractivity contribution >= 4 is 33.4 Å². The first-order chi connectivity index (χ1) is 18.9. The highest BCUT2D eigenvalue weighted by Crippen LogP contribution is 2.39. The van der Waals surface area contributed by atoms with Gasteiger partial charge in [-0.1, -0.05) is 6.07 Å². The smallest absolute Gasteiger partial charge is 0.427 e. The average molecular weight is 628 g/mol. The molecule has 0 aliphatic carbocycles. The van der Waals surface area contributed by atoms with Crippen molar-refractivity contribution in [3.8, 4) is 5.75 Å². The van der Waals surface area contributed by atoms with Gasteiger partial charge >= 0.3 is 18.4 Å². The number of amides is 2. The number of nitrogens with one attached hydrogen (secondary N) is 2. The van der Waals surface area contributed by atoms with E-state index < -0.39 is 44.5 Å². The van der Waals surface area contributed by atoms with E-state index in [9.17, 15) is 44.3 Å². The highest BCUT2D eigenvalue weighted by Gasteiger charge is 2.51. The number of benzene rings is 2. The Morgan fingerprint density at radius 2 is 1.57 bits per heavy atom. The van der Waals surface area contributed by atoms with Gasteiger partial charge in [0.1, 0.15) is 12.4 Å². The lowest BCUT2D eigenvalue weighted by atomic mass is 10.1. The Labute approximate surface area is 239 Å². The van der Waals surface area contributed by atoms with Crippen molar-refractivity contribution in [2.75, 3.05) is 22.8 Å². The molecule has 2 N–H and O–H groups in total. The van der Waals surface area contributed by atoms with Gasteiger partial charge < -0.3 is 14.8 Å². The Kier molecular flexibility index (Phi) is 10.1. The summed E-state index contributed by atoms with van der Waals surface area (Å²) < 4.78 is 115. The second-order valence-electron chi connectivity index (χ2n) is 10.6. The topological polar surface area (TPSA) is 114 Å². The number of ether oxygens (including phenoxy) is 2. The number of anilines is 2. The van der Waals surface area contributed by atoms with Crippen LogP contribution in [0.25, 0.3) is 0 Å². The van der Waals surface area contributed by atoms with Crippen molar-refractivity contribution in [3.05, 3.63) is 48.0 Å². The summed E-state index contributed by atoms with van der Waals surface area (Å²) in [6, 6.07) is 6.76. The summed E-state index contributed by atoms with van der Waals surface area (Å²) >= 11 is 0. The number of alkyl halides is 6. The molecule has 0 radical (unpaired) electrons. The molecule has 0 bridgehead atoms. The van der Waals surface area contributed by atoms with Crippen LogP contribution in [0.5, 0.6) is 5.75 Å². The summed E-state index contributed by atoms with van der Waals surface area (Å²) in [5.74, 6) is 0.0637. The van der Waals surface area contributed by atoms with Gasteiger partial charge in [0.05, 0.1) is 22.7 Å². The molecule has 42 heavy (non-hydrogen) atoms. The largest absolute Gasteiger partial charge is 0.489 e. The quantitative estimate of drug-likeness (QED) is 0.396. The summed E-state index contributed by atoms with van der Waals surface area (Å²) in [6.45, 7) is 8.30. The number of halogens is 6. The maximum absolute atomic E-state index is 13.1. The molecule has 0 spiro atoms. The van der Waals surface area contributed by atoms with Gasteiger partial charge in [-0.05, 0) is 71.0 Å². The zero-order valence-electron chi connectivity index (χ0n) is 23.5. The molecule has 0 fully saturated rings. The molecule has 2 amide bonds. The minimum absolute atomic E-state index is 0.0255. The number of rotatable bonds is 4. The molecule has 9 nitrogen and oxygen atoms in total. The van der Waals surface area contributed by atoms with Crippen LogP contribution in [0.1, 0.15) is 47.1 Å². The normalized spacial score (nSPS) is 14.0. The van der Waals surface area contributed by atoms with E-state index in [2.05, 4.69) is 15.4 Å². The van der Waals surface area contributed by atoms with Gasteiger partial charge in [-0.15, -0.1) is 0 Å². The first-order valence-electron chi connectivity index (χ1n) is 12.3. The second-order valence-corrected chi connectivity index (χ2v) is 12.4. The third kappa shape index (κ3) is 9.16. The molecule has 0 saturated heterocycles. The Hall–Kier alpha value is -3.69. The van der Waals surface area contributed by atoms with E-state index >= 15 is 0 Å². The van der Waals surface area contributed by atoms with E-state index in [4.69, 9.17) is 4.74 Å². The number of carbonyl (C=O) groups is 2. The van der Waals surface area contributed by atoms with Crippen LogP contribution >= 0.6 is 0 Å². The third-order valence-corrected chi connectivity index (χ3v) is 7.17. The van der Waals surface area contributed by atoms with Gasteiger partial charge in [-0.2, -0.15) is 26.3 Å². The maximum atomic E-state index is 13.1. The van der Waals surface area contributed by atoms with E-state index in [0.29, 0.717) is 19.9 Å². The SMILES string of the molecule is CC(=O)NC(C)(C)C.CC(C)(OC(=O)Nc1ccc2c(c1)N(S(=O)(=O)c1cccc(C(F)(F)F)c1)CCO2)C(F)(F)F. The molecule has 0 aromatic heterocycles. The third-order valence-electron chi connectivity index (χ3n) is 5.36. The molecule has 0 saturated carbocycles. The van der Waals surface area contributed by atoms with Gasteiger partial charge in [-0.25, -0.2) is 13.2 Å². The number of hydrogen-bond acceptors (Lipinski definition) is 6. The minimum Gasteiger partial charge on any atom is -0.489 e. The van der Waals surface area contributed by atoms with E-state index in [1.807, 2.05) is 20.8 Å². The van der Waals surface area contributed by atoms with Crippen molar-refractivity contribution in [3.63, 3.8) is 0 Å². The first-order valence-corrected chi connectivity index (χ1v) is 13.7. The molecule has 0 atom stereocenters. The Morgan fingerprint density at radius 1 is 0.952 bits per heavy atom. The van der Waals surface area contributed by atoms with Crippen LogP contribution in [0, 0.1) is 0 Å². The van der Waals surface area contributed by atoms with Crippen LogP contribution in [-0.4, -0.2) is 50.9 Å². The van der Waals surface area contributed by atoms with E-state index in [1.54, 1.807) is 0 Å². The average Bonchev–Trinajstić information content (AvgIpc) is 2.81. The van der Waals surface area contributed by atoms with Crippen molar-refractivity contribution in [2.24, 2.45) is 0 Å². The predicted octanol–water partition coefficient (Wildman–Crippen LogP) is 6.10.